The quantitative estimate of drug-likeness (QED) is 0.213. The third-order valence-electron chi connectivity index (χ3n) is 10.6. The van der Waals surface area contributed by atoms with E-state index in [1.165, 1.54) is 56.3 Å². The maximum absolute atomic E-state index is 4.88. The largest absolute Gasteiger partial charge is 0.333 e. The topological polar surface area (TPSA) is 38.7 Å². The minimum absolute atomic E-state index is 0.0488. The van der Waals surface area contributed by atoms with E-state index in [0.717, 1.165) is 24.3 Å². The third kappa shape index (κ3) is 2.95. The van der Waals surface area contributed by atoms with Gasteiger partial charge in [-0.15, -0.1) is 0 Å². The van der Waals surface area contributed by atoms with Gasteiger partial charge in [-0.3, -0.25) is 0 Å². The lowest BCUT2D eigenvalue weighted by Gasteiger charge is -2.49. The number of nitrogens with zero attached hydrogens (tertiary/aromatic N) is 6. The van der Waals surface area contributed by atoms with Crippen LogP contribution in [0.2, 0.25) is 0 Å². The molecular formula is C38H32N6. The first-order valence-electron chi connectivity index (χ1n) is 15.8. The van der Waals surface area contributed by atoms with Crippen molar-refractivity contribution in [2.24, 2.45) is 5.92 Å². The predicted molar refractivity (Wildman–Crippen MR) is 177 cm³/mol. The molecule has 0 radical (unpaired) electrons. The molecule has 1 aromatic heterocycles. The summed E-state index contributed by atoms with van der Waals surface area (Å²) in [7, 11) is 2.22. The van der Waals surface area contributed by atoms with Gasteiger partial charge in [0.2, 0.25) is 0 Å². The Bertz CT molecular complexity index is 2000. The third-order valence-corrected chi connectivity index (χ3v) is 10.6. The van der Waals surface area contributed by atoms with Gasteiger partial charge in [0.1, 0.15) is 24.3 Å². The summed E-state index contributed by atoms with van der Waals surface area (Å²) in [6, 6.07) is 36.2. The SMILES string of the molecule is CCC1C2=C(C3N(C)c4ncncc4N3c3ccc4cc3C1C4)C1N(c3ccccc3)c3ccccc3N1c1ccccc12. The zero-order valence-electron chi connectivity index (χ0n) is 24.8. The molecule has 0 fully saturated rings. The molecule has 2 bridgehead atoms. The first-order chi connectivity index (χ1) is 21.7. The number of para-hydroxylation sites is 4. The lowest BCUT2D eigenvalue weighted by molar-refractivity contribution is 0.499. The maximum Gasteiger partial charge on any atom is 0.157 e. The van der Waals surface area contributed by atoms with Crippen LogP contribution in [0.4, 0.5) is 39.9 Å². The zero-order valence-corrected chi connectivity index (χ0v) is 24.8. The average molecular weight is 573 g/mol. The number of anilines is 7. The normalized spacial score (nSPS) is 23.4. The number of fused-ring (bicyclic) bond motifs is 13. The molecule has 5 aromatic rings. The minimum Gasteiger partial charge on any atom is -0.333 e. The van der Waals surface area contributed by atoms with Gasteiger partial charge in [-0.1, -0.05) is 67.6 Å². The molecule has 5 heterocycles. The van der Waals surface area contributed by atoms with Crippen molar-refractivity contribution in [1.29, 1.82) is 0 Å². The zero-order chi connectivity index (χ0) is 29.1. The molecule has 0 saturated heterocycles. The number of rotatable bonds is 2. The van der Waals surface area contributed by atoms with Crippen LogP contribution < -0.4 is 19.6 Å². The molecule has 0 saturated carbocycles. The summed E-state index contributed by atoms with van der Waals surface area (Å²) in [6.45, 7) is 2.39. The van der Waals surface area contributed by atoms with Crippen LogP contribution >= 0.6 is 0 Å². The molecule has 6 heteroatoms. The first-order valence-corrected chi connectivity index (χ1v) is 15.8. The number of aromatic nitrogens is 2. The number of benzene rings is 4. The fraction of sp³-hybridized carbons (Fsp3) is 0.211. The highest BCUT2D eigenvalue weighted by Crippen LogP contribution is 2.62. The summed E-state index contributed by atoms with van der Waals surface area (Å²) in [5.41, 5.74) is 14.5. The Morgan fingerprint density at radius 3 is 2.27 bits per heavy atom. The molecule has 10 rings (SSSR count). The second kappa shape index (κ2) is 8.73. The minimum atomic E-state index is -0.0734. The maximum atomic E-state index is 4.88. The molecule has 0 amide bonds. The lowest BCUT2D eigenvalue weighted by Crippen LogP contribution is -2.53. The van der Waals surface area contributed by atoms with Crippen molar-refractivity contribution in [1.82, 2.24) is 9.97 Å². The number of allylic oxidation sites excluding steroid dienone is 1. The molecule has 5 aliphatic rings. The summed E-state index contributed by atoms with van der Waals surface area (Å²) in [5.74, 6) is 1.77. The van der Waals surface area contributed by atoms with Gasteiger partial charge >= 0.3 is 0 Å². The van der Waals surface area contributed by atoms with Crippen LogP contribution in [0.25, 0.3) is 5.57 Å². The van der Waals surface area contributed by atoms with E-state index in [4.69, 9.17) is 4.98 Å². The summed E-state index contributed by atoms with van der Waals surface area (Å²) < 4.78 is 0. The number of hydrogen-bond donors (Lipinski definition) is 0. The van der Waals surface area contributed by atoms with E-state index in [0.29, 0.717) is 11.8 Å². The summed E-state index contributed by atoms with van der Waals surface area (Å²) in [4.78, 5) is 19.6. The van der Waals surface area contributed by atoms with Gasteiger partial charge in [-0.25, -0.2) is 9.97 Å². The Morgan fingerprint density at radius 1 is 0.727 bits per heavy atom. The van der Waals surface area contributed by atoms with Gasteiger partial charge in [-0.05, 0) is 77.8 Å². The van der Waals surface area contributed by atoms with Crippen LogP contribution in [-0.2, 0) is 6.42 Å². The predicted octanol–water partition coefficient (Wildman–Crippen LogP) is 8.15. The second-order valence-corrected chi connectivity index (χ2v) is 12.6. The molecule has 6 nitrogen and oxygen atoms in total. The monoisotopic (exact) mass is 572 g/mol. The molecule has 4 aromatic carbocycles. The van der Waals surface area contributed by atoms with E-state index in [9.17, 15) is 0 Å². The van der Waals surface area contributed by atoms with Crippen molar-refractivity contribution in [3.8, 4) is 0 Å². The highest BCUT2D eigenvalue weighted by molar-refractivity contribution is 6.00. The van der Waals surface area contributed by atoms with Crippen LogP contribution in [0, 0.1) is 5.92 Å². The van der Waals surface area contributed by atoms with Gasteiger partial charge in [-0.2, -0.15) is 0 Å². The Balaban J connectivity index is 1.34. The van der Waals surface area contributed by atoms with Crippen molar-refractivity contribution >= 4 is 45.5 Å². The molecule has 0 N–H and O–H groups in total. The Labute approximate surface area is 257 Å². The fourth-order valence-corrected chi connectivity index (χ4v) is 9.00. The van der Waals surface area contributed by atoms with Crippen molar-refractivity contribution < 1.29 is 0 Å². The fourth-order valence-electron chi connectivity index (χ4n) is 9.00. The smallest absolute Gasteiger partial charge is 0.157 e. The lowest BCUT2D eigenvalue weighted by atomic mass is 9.72. The molecule has 214 valence electrons. The number of hydrogen-bond acceptors (Lipinski definition) is 6. The van der Waals surface area contributed by atoms with E-state index >= 15 is 0 Å². The van der Waals surface area contributed by atoms with Crippen LogP contribution in [-0.4, -0.2) is 29.3 Å². The Kier molecular flexibility index (Phi) is 4.83. The van der Waals surface area contributed by atoms with Crippen molar-refractivity contribution in [2.75, 3.05) is 26.6 Å². The van der Waals surface area contributed by atoms with Gasteiger partial charge in [0.05, 0.1) is 23.3 Å². The highest BCUT2D eigenvalue weighted by atomic mass is 15.5. The second-order valence-electron chi connectivity index (χ2n) is 12.6. The van der Waals surface area contributed by atoms with Gasteiger partial charge in [0.25, 0.3) is 0 Å². The van der Waals surface area contributed by atoms with Crippen molar-refractivity contribution in [3.05, 3.63) is 132 Å². The molecule has 4 atom stereocenters. The Morgan fingerprint density at radius 2 is 1.45 bits per heavy atom. The Hall–Kier alpha value is -5.10. The van der Waals surface area contributed by atoms with Gasteiger partial charge in [0.15, 0.2) is 5.82 Å². The van der Waals surface area contributed by atoms with Crippen LogP contribution in [0.1, 0.15) is 36.0 Å². The van der Waals surface area contributed by atoms with E-state index in [1.54, 1.807) is 6.33 Å². The van der Waals surface area contributed by atoms with E-state index in [2.05, 4.69) is 136 Å². The molecule has 44 heavy (non-hydrogen) atoms. The molecule has 1 aliphatic carbocycles. The van der Waals surface area contributed by atoms with E-state index < -0.39 is 0 Å². The standard InChI is InChI=1S/C38H32N6/c1-3-25-27-19-23-17-18-30(28(27)20-23)44-33-21-39-22-40-36(33)41(2)37(44)35-34(25)26-13-7-8-14-29(26)43-32-16-10-9-15-31(32)42(38(35)43)24-11-5-4-6-12-24/h4-18,20-22,25,27,37-38H,3,19H2,1-2H3. The first kappa shape index (κ1) is 24.4. The molecule has 0 spiro atoms. The van der Waals surface area contributed by atoms with Crippen LogP contribution in [0.5, 0.6) is 0 Å². The van der Waals surface area contributed by atoms with Crippen molar-refractivity contribution in [2.45, 2.75) is 38.0 Å². The highest BCUT2D eigenvalue weighted by Gasteiger charge is 2.54. The summed E-state index contributed by atoms with van der Waals surface area (Å²) >= 11 is 0. The molecule has 4 aliphatic heterocycles. The molecule has 4 unspecified atom stereocenters. The summed E-state index contributed by atoms with van der Waals surface area (Å²) in [6.07, 6.45) is 5.73. The van der Waals surface area contributed by atoms with Crippen LogP contribution in [0.3, 0.4) is 0 Å². The van der Waals surface area contributed by atoms with E-state index in [-0.39, 0.29) is 12.3 Å². The van der Waals surface area contributed by atoms with E-state index in [1.807, 2.05) is 6.20 Å². The summed E-state index contributed by atoms with van der Waals surface area (Å²) in [5, 5.41) is 0. The molecular weight excluding hydrogens is 540 g/mol. The average Bonchev–Trinajstić information content (AvgIpc) is 3.69. The number of likely N-dealkylation sites (N-methyl/N-ethyl adjacent to an activating group) is 1. The van der Waals surface area contributed by atoms with Gasteiger partial charge < -0.3 is 19.6 Å². The van der Waals surface area contributed by atoms with Gasteiger partial charge in [0, 0.05) is 29.6 Å². The van der Waals surface area contributed by atoms with Crippen molar-refractivity contribution in [3.63, 3.8) is 0 Å². The van der Waals surface area contributed by atoms with Crippen LogP contribution in [0.15, 0.2) is 115 Å².